The van der Waals surface area contributed by atoms with Gasteiger partial charge in [-0.3, -0.25) is 0 Å². The van der Waals surface area contributed by atoms with E-state index in [0.29, 0.717) is 0 Å². The number of hydrogen-bond acceptors (Lipinski definition) is 0. The van der Waals surface area contributed by atoms with Crippen LogP contribution in [0.25, 0.3) is 0 Å². The largest absolute Gasteiger partial charge is 0.110 e. The average molecular weight is 176 g/mol. The van der Waals surface area contributed by atoms with Crippen molar-refractivity contribution >= 4 is 8.58 Å². The van der Waals surface area contributed by atoms with Gasteiger partial charge in [0.25, 0.3) is 0 Å². The summed E-state index contributed by atoms with van der Waals surface area (Å²) in [6, 6.07) is 0. The normalized spacial score (nSPS) is 50.0. The van der Waals surface area contributed by atoms with E-state index in [1.54, 1.807) is 0 Å². The van der Waals surface area contributed by atoms with Gasteiger partial charge in [0.15, 0.2) is 0 Å². The Balaban J connectivity index is 1.94. The number of hydrogen-bond donors (Lipinski definition) is 0. The molecule has 0 bridgehead atoms. The first-order chi connectivity index (χ1) is 5.95. The molecule has 1 heteroatoms. The van der Waals surface area contributed by atoms with Crippen LogP contribution in [0.5, 0.6) is 0 Å². The Hall–Kier alpha value is -0.350. The van der Waals surface area contributed by atoms with Gasteiger partial charge in [-0.15, -0.1) is 8.58 Å². The first-order valence-corrected chi connectivity index (χ1v) is 5.88. The van der Waals surface area contributed by atoms with E-state index >= 15 is 0 Å². The fourth-order valence-electron chi connectivity index (χ4n) is 2.66. The number of allylic oxidation sites excluding steroid dienone is 6. The molecule has 3 rings (SSSR count). The Bertz CT molecular complexity index is 275. The van der Waals surface area contributed by atoms with Gasteiger partial charge in [0.1, 0.15) is 0 Å². The van der Waals surface area contributed by atoms with Crippen LogP contribution in [0, 0.1) is 11.8 Å². The third-order valence-electron chi connectivity index (χ3n) is 3.24. The summed E-state index contributed by atoms with van der Waals surface area (Å²) in [5, 5.41) is 0. The summed E-state index contributed by atoms with van der Waals surface area (Å²) in [5.74, 6) is 1.73. The van der Waals surface area contributed by atoms with E-state index < -0.39 is 0 Å². The molecule has 0 aromatic heterocycles. The van der Waals surface area contributed by atoms with Gasteiger partial charge in [0.05, 0.1) is 0 Å². The molecule has 0 nitrogen and oxygen atoms in total. The first kappa shape index (κ1) is 7.09. The molecule has 62 valence electrons. The van der Waals surface area contributed by atoms with E-state index in [1.165, 1.54) is 15.0 Å². The Labute approximate surface area is 75.2 Å². The van der Waals surface area contributed by atoms with E-state index in [-0.39, 0.29) is 0 Å². The smallest absolute Gasteiger partial charge is 0.00175 e. The molecule has 1 heterocycles. The second-order valence-corrected chi connectivity index (χ2v) is 5.63. The molecular formula is C11H13P. The SMILES string of the molecule is C1=CC2PC3CC=CC3C2C=C1. The zero-order valence-corrected chi connectivity index (χ0v) is 7.98. The van der Waals surface area contributed by atoms with E-state index in [2.05, 4.69) is 36.5 Å². The topological polar surface area (TPSA) is 0 Å². The lowest BCUT2D eigenvalue weighted by Crippen LogP contribution is -2.16. The summed E-state index contributed by atoms with van der Waals surface area (Å²) in [4.78, 5) is 0. The third-order valence-corrected chi connectivity index (χ3v) is 5.25. The van der Waals surface area contributed by atoms with Crippen molar-refractivity contribution in [2.24, 2.45) is 11.8 Å². The van der Waals surface area contributed by atoms with E-state index in [9.17, 15) is 0 Å². The zero-order valence-electron chi connectivity index (χ0n) is 6.98. The van der Waals surface area contributed by atoms with Gasteiger partial charge in [-0.05, 0) is 23.9 Å². The molecule has 0 N–H and O–H groups in total. The van der Waals surface area contributed by atoms with Gasteiger partial charge < -0.3 is 0 Å². The third kappa shape index (κ3) is 0.880. The molecule has 12 heavy (non-hydrogen) atoms. The summed E-state index contributed by atoms with van der Waals surface area (Å²) >= 11 is 0. The summed E-state index contributed by atoms with van der Waals surface area (Å²) in [6.45, 7) is 0. The van der Waals surface area contributed by atoms with Crippen LogP contribution in [-0.4, -0.2) is 11.3 Å². The van der Waals surface area contributed by atoms with Crippen molar-refractivity contribution in [2.45, 2.75) is 17.7 Å². The molecule has 0 aromatic carbocycles. The highest BCUT2D eigenvalue weighted by Gasteiger charge is 2.41. The molecule has 0 spiro atoms. The van der Waals surface area contributed by atoms with Crippen LogP contribution in [0.2, 0.25) is 0 Å². The Morgan fingerprint density at radius 3 is 2.92 bits per heavy atom. The highest BCUT2D eigenvalue weighted by atomic mass is 31.1. The first-order valence-electron chi connectivity index (χ1n) is 4.73. The highest BCUT2D eigenvalue weighted by molar-refractivity contribution is 7.40. The van der Waals surface area contributed by atoms with Crippen molar-refractivity contribution < 1.29 is 0 Å². The average Bonchev–Trinajstić information content (AvgIpc) is 2.62. The second kappa shape index (κ2) is 2.57. The summed E-state index contributed by atoms with van der Waals surface area (Å²) < 4.78 is 0. The van der Waals surface area contributed by atoms with Crippen molar-refractivity contribution in [3.63, 3.8) is 0 Å². The molecule has 0 saturated carbocycles. The molecule has 0 aromatic rings. The predicted molar refractivity (Wildman–Crippen MR) is 54.9 cm³/mol. The molecule has 1 fully saturated rings. The van der Waals surface area contributed by atoms with Gasteiger partial charge >= 0.3 is 0 Å². The molecule has 1 saturated heterocycles. The van der Waals surface area contributed by atoms with Gasteiger partial charge in [-0.2, -0.15) is 0 Å². The van der Waals surface area contributed by atoms with Crippen LogP contribution in [0.3, 0.4) is 0 Å². The second-order valence-electron chi connectivity index (χ2n) is 3.89. The van der Waals surface area contributed by atoms with Crippen molar-refractivity contribution in [3.8, 4) is 0 Å². The Morgan fingerprint density at radius 2 is 1.92 bits per heavy atom. The molecular weight excluding hydrogens is 163 g/mol. The van der Waals surface area contributed by atoms with Crippen LogP contribution in [-0.2, 0) is 0 Å². The molecule has 1 aliphatic heterocycles. The summed E-state index contributed by atoms with van der Waals surface area (Å²) in [7, 11) is 1.17. The van der Waals surface area contributed by atoms with Crippen molar-refractivity contribution in [3.05, 3.63) is 36.5 Å². The lowest BCUT2D eigenvalue weighted by atomic mass is 9.87. The molecule has 5 atom stereocenters. The standard InChI is InChI=1S/C11H13P/c1-2-6-10-8(4-1)9-5-3-7-11(9)12-10/h1-6,8-12H,7H2. The van der Waals surface area contributed by atoms with E-state index in [4.69, 9.17) is 0 Å². The maximum Gasteiger partial charge on any atom is 0.00175 e. The molecule has 0 radical (unpaired) electrons. The highest BCUT2D eigenvalue weighted by Crippen LogP contribution is 2.54. The monoisotopic (exact) mass is 176 g/mol. The van der Waals surface area contributed by atoms with Gasteiger partial charge in [-0.25, -0.2) is 0 Å². The van der Waals surface area contributed by atoms with Gasteiger partial charge in [-0.1, -0.05) is 36.5 Å². The summed E-state index contributed by atoms with van der Waals surface area (Å²) in [5.41, 5.74) is 1.88. The fraction of sp³-hybridized carbons (Fsp3) is 0.455. The Kier molecular flexibility index (Phi) is 1.52. The maximum absolute atomic E-state index is 2.45. The van der Waals surface area contributed by atoms with Crippen LogP contribution in [0.15, 0.2) is 36.5 Å². The van der Waals surface area contributed by atoms with Gasteiger partial charge in [0, 0.05) is 5.66 Å². The fourth-order valence-corrected chi connectivity index (χ4v) is 4.76. The van der Waals surface area contributed by atoms with Crippen molar-refractivity contribution in [1.82, 2.24) is 0 Å². The van der Waals surface area contributed by atoms with Crippen LogP contribution in [0.1, 0.15) is 6.42 Å². The van der Waals surface area contributed by atoms with Crippen LogP contribution in [0.4, 0.5) is 0 Å². The van der Waals surface area contributed by atoms with Crippen LogP contribution < -0.4 is 0 Å². The lowest BCUT2D eigenvalue weighted by molar-refractivity contribution is 0.521. The maximum atomic E-state index is 2.45. The Morgan fingerprint density at radius 1 is 1.00 bits per heavy atom. The summed E-state index contributed by atoms with van der Waals surface area (Å²) in [6.07, 6.45) is 15.4. The molecule has 0 amide bonds. The molecule has 5 unspecified atom stereocenters. The number of rotatable bonds is 0. The predicted octanol–water partition coefficient (Wildman–Crippen LogP) is 2.73. The van der Waals surface area contributed by atoms with E-state index in [0.717, 1.165) is 23.2 Å². The minimum absolute atomic E-state index is 0.845. The molecule has 3 aliphatic rings. The number of fused-ring (bicyclic) bond motifs is 3. The van der Waals surface area contributed by atoms with E-state index in [1.807, 2.05) is 0 Å². The van der Waals surface area contributed by atoms with Crippen LogP contribution >= 0.6 is 8.58 Å². The minimum atomic E-state index is 0.845. The lowest BCUT2D eigenvalue weighted by Gasteiger charge is -2.18. The quantitative estimate of drug-likeness (QED) is 0.393. The zero-order chi connectivity index (χ0) is 7.97. The van der Waals surface area contributed by atoms with Crippen molar-refractivity contribution in [2.75, 3.05) is 0 Å². The molecule has 2 aliphatic carbocycles. The minimum Gasteiger partial charge on any atom is -0.110 e. The van der Waals surface area contributed by atoms with Gasteiger partial charge in [0.2, 0.25) is 0 Å². The van der Waals surface area contributed by atoms with Crippen molar-refractivity contribution in [1.29, 1.82) is 0 Å².